The zero-order chi connectivity index (χ0) is 11.2. The lowest BCUT2D eigenvalue weighted by atomic mass is 10.1. The van der Waals surface area contributed by atoms with E-state index in [1.165, 1.54) is 18.5 Å². The van der Waals surface area contributed by atoms with Crippen molar-refractivity contribution in [2.75, 3.05) is 32.9 Å². The normalized spacial score (nSPS) is 21.7. The standard InChI is InChI=1S/C12H20N2O2/c15-8-10-16-9-7-14-6-2-4-12(14)11-3-1-5-13-11/h1,3,5,12-13,15H,2,4,6-10H2. The van der Waals surface area contributed by atoms with Crippen molar-refractivity contribution in [1.29, 1.82) is 0 Å². The first-order chi connectivity index (χ1) is 7.92. The zero-order valence-corrected chi connectivity index (χ0v) is 9.56. The number of nitrogens with zero attached hydrogens (tertiary/aromatic N) is 1. The van der Waals surface area contributed by atoms with Crippen LogP contribution in [0, 0.1) is 0 Å². The van der Waals surface area contributed by atoms with Gasteiger partial charge in [-0.25, -0.2) is 0 Å². The summed E-state index contributed by atoms with van der Waals surface area (Å²) < 4.78 is 5.31. The second-order valence-electron chi connectivity index (χ2n) is 4.16. The van der Waals surface area contributed by atoms with Gasteiger partial charge in [0.25, 0.3) is 0 Å². The minimum atomic E-state index is 0.111. The van der Waals surface area contributed by atoms with Gasteiger partial charge in [-0.05, 0) is 31.5 Å². The van der Waals surface area contributed by atoms with Crippen LogP contribution in [-0.4, -0.2) is 47.9 Å². The summed E-state index contributed by atoms with van der Waals surface area (Å²) in [5.74, 6) is 0. The molecule has 2 heterocycles. The molecule has 0 aromatic carbocycles. The van der Waals surface area contributed by atoms with Crippen LogP contribution in [0.4, 0.5) is 0 Å². The number of nitrogens with one attached hydrogen (secondary N) is 1. The van der Waals surface area contributed by atoms with Crippen molar-refractivity contribution in [2.24, 2.45) is 0 Å². The highest BCUT2D eigenvalue weighted by molar-refractivity contribution is 5.10. The summed E-state index contributed by atoms with van der Waals surface area (Å²) in [6, 6.07) is 4.72. The Morgan fingerprint density at radius 1 is 1.50 bits per heavy atom. The van der Waals surface area contributed by atoms with Gasteiger partial charge in [-0.3, -0.25) is 4.90 Å². The maximum Gasteiger partial charge on any atom is 0.0698 e. The van der Waals surface area contributed by atoms with Gasteiger partial charge in [-0.1, -0.05) is 0 Å². The third kappa shape index (κ3) is 2.84. The summed E-state index contributed by atoms with van der Waals surface area (Å²) in [6.45, 7) is 3.36. The fourth-order valence-corrected chi connectivity index (χ4v) is 2.35. The van der Waals surface area contributed by atoms with Crippen molar-refractivity contribution >= 4 is 0 Å². The second-order valence-corrected chi connectivity index (χ2v) is 4.16. The maximum absolute atomic E-state index is 8.62. The average molecular weight is 224 g/mol. The van der Waals surface area contributed by atoms with Gasteiger partial charge >= 0.3 is 0 Å². The van der Waals surface area contributed by atoms with E-state index in [0.717, 1.165) is 13.1 Å². The van der Waals surface area contributed by atoms with Crippen LogP contribution in [0.15, 0.2) is 18.3 Å². The highest BCUT2D eigenvalue weighted by Gasteiger charge is 2.25. The summed E-state index contributed by atoms with van der Waals surface area (Å²) in [5.41, 5.74) is 1.31. The highest BCUT2D eigenvalue weighted by Crippen LogP contribution is 2.30. The van der Waals surface area contributed by atoms with Crippen molar-refractivity contribution in [2.45, 2.75) is 18.9 Å². The Kier molecular flexibility index (Phi) is 4.39. The van der Waals surface area contributed by atoms with E-state index in [-0.39, 0.29) is 6.61 Å². The van der Waals surface area contributed by atoms with Crippen LogP contribution in [0.25, 0.3) is 0 Å². The predicted octanol–water partition coefficient (Wildman–Crippen LogP) is 1.16. The Hall–Kier alpha value is -0.840. The smallest absolute Gasteiger partial charge is 0.0698 e. The number of aliphatic hydroxyl groups is 1. The topological polar surface area (TPSA) is 48.5 Å². The van der Waals surface area contributed by atoms with E-state index in [2.05, 4.69) is 16.0 Å². The summed E-state index contributed by atoms with van der Waals surface area (Å²) in [5, 5.41) is 8.62. The van der Waals surface area contributed by atoms with Crippen LogP contribution in [0.2, 0.25) is 0 Å². The van der Waals surface area contributed by atoms with Gasteiger partial charge in [0.1, 0.15) is 0 Å². The molecule has 1 fully saturated rings. The Morgan fingerprint density at radius 3 is 3.19 bits per heavy atom. The molecule has 1 aliphatic rings. The maximum atomic E-state index is 8.62. The van der Waals surface area contributed by atoms with Crippen LogP contribution >= 0.6 is 0 Å². The first-order valence-corrected chi connectivity index (χ1v) is 5.98. The molecular formula is C12H20N2O2. The molecule has 2 rings (SSSR count). The number of aromatic amines is 1. The van der Waals surface area contributed by atoms with Gasteiger partial charge in [-0.15, -0.1) is 0 Å². The van der Waals surface area contributed by atoms with E-state index in [1.54, 1.807) is 0 Å². The Bertz CT molecular complexity index is 287. The molecule has 1 aromatic rings. The molecular weight excluding hydrogens is 204 g/mol. The van der Waals surface area contributed by atoms with Crippen molar-refractivity contribution in [1.82, 2.24) is 9.88 Å². The SMILES string of the molecule is OCCOCCN1CCCC1c1ccc[nH]1. The van der Waals surface area contributed by atoms with E-state index < -0.39 is 0 Å². The Morgan fingerprint density at radius 2 is 2.44 bits per heavy atom. The van der Waals surface area contributed by atoms with E-state index in [9.17, 15) is 0 Å². The molecule has 2 N–H and O–H groups in total. The van der Waals surface area contributed by atoms with Crippen molar-refractivity contribution < 1.29 is 9.84 Å². The molecule has 0 saturated carbocycles. The fraction of sp³-hybridized carbons (Fsp3) is 0.667. The third-order valence-corrected chi connectivity index (χ3v) is 3.10. The average Bonchev–Trinajstić information content (AvgIpc) is 2.94. The molecule has 0 spiro atoms. The molecule has 90 valence electrons. The van der Waals surface area contributed by atoms with Gasteiger partial charge in [0.15, 0.2) is 0 Å². The molecule has 0 radical (unpaired) electrons. The quantitative estimate of drug-likeness (QED) is 0.713. The number of likely N-dealkylation sites (tertiary alicyclic amines) is 1. The molecule has 0 amide bonds. The largest absolute Gasteiger partial charge is 0.394 e. The van der Waals surface area contributed by atoms with Gasteiger partial charge < -0.3 is 14.8 Å². The monoisotopic (exact) mass is 224 g/mol. The molecule has 1 saturated heterocycles. The summed E-state index contributed by atoms with van der Waals surface area (Å²) in [4.78, 5) is 5.74. The van der Waals surface area contributed by atoms with Gasteiger partial charge in [0, 0.05) is 24.5 Å². The number of aliphatic hydroxyl groups excluding tert-OH is 1. The molecule has 0 bridgehead atoms. The first kappa shape index (κ1) is 11.6. The van der Waals surface area contributed by atoms with E-state index in [4.69, 9.17) is 9.84 Å². The number of H-pyrrole nitrogens is 1. The van der Waals surface area contributed by atoms with Gasteiger partial charge in [0.05, 0.1) is 19.8 Å². The third-order valence-electron chi connectivity index (χ3n) is 3.10. The number of ether oxygens (including phenoxy) is 1. The highest BCUT2D eigenvalue weighted by atomic mass is 16.5. The van der Waals surface area contributed by atoms with Gasteiger partial charge in [-0.2, -0.15) is 0 Å². The lowest BCUT2D eigenvalue weighted by Crippen LogP contribution is -2.27. The molecule has 1 aliphatic heterocycles. The fourth-order valence-electron chi connectivity index (χ4n) is 2.35. The van der Waals surface area contributed by atoms with Crippen LogP contribution in [0.5, 0.6) is 0 Å². The zero-order valence-electron chi connectivity index (χ0n) is 9.56. The van der Waals surface area contributed by atoms with E-state index in [0.29, 0.717) is 19.3 Å². The minimum absolute atomic E-state index is 0.111. The lowest BCUT2D eigenvalue weighted by Gasteiger charge is -2.23. The molecule has 4 nitrogen and oxygen atoms in total. The van der Waals surface area contributed by atoms with Crippen molar-refractivity contribution in [3.8, 4) is 0 Å². The molecule has 1 aromatic heterocycles. The Labute approximate surface area is 96.2 Å². The second kappa shape index (κ2) is 6.03. The summed E-state index contributed by atoms with van der Waals surface area (Å²) >= 11 is 0. The number of rotatable bonds is 6. The number of aromatic nitrogens is 1. The molecule has 1 atom stereocenters. The number of hydrogen-bond acceptors (Lipinski definition) is 3. The lowest BCUT2D eigenvalue weighted by molar-refractivity contribution is 0.0706. The molecule has 1 unspecified atom stereocenters. The van der Waals surface area contributed by atoms with E-state index in [1.807, 2.05) is 12.3 Å². The van der Waals surface area contributed by atoms with Crippen LogP contribution < -0.4 is 0 Å². The van der Waals surface area contributed by atoms with Crippen molar-refractivity contribution in [3.05, 3.63) is 24.0 Å². The van der Waals surface area contributed by atoms with Crippen LogP contribution in [-0.2, 0) is 4.74 Å². The van der Waals surface area contributed by atoms with Gasteiger partial charge in [0.2, 0.25) is 0 Å². The molecule has 0 aliphatic carbocycles. The summed E-state index contributed by atoms with van der Waals surface area (Å²) in [6.07, 6.45) is 4.46. The minimum Gasteiger partial charge on any atom is -0.394 e. The van der Waals surface area contributed by atoms with E-state index >= 15 is 0 Å². The number of hydrogen-bond donors (Lipinski definition) is 2. The molecule has 16 heavy (non-hydrogen) atoms. The molecule has 4 heteroatoms. The Balaban J connectivity index is 1.80. The van der Waals surface area contributed by atoms with Crippen LogP contribution in [0.1, 0.15) is 24.6 Å². The van der Waals surface area contributed by atoms with Crippen LogP contribution in [0.3, 0.4) is 0 Å². The first-order valence-electron chi connectivity index (χ1n) is 5.98. The van der Waals surface area contributed by atoms with Crippen molar-refractivity contribution in [3.63, 3.8) is 0 Å². The summed E-state index contributed by atoms with van der Waals surface area (Å²) in [7, 11) is 0. The predicted molar refractivity (Wildman–Crippen MR) is 62.2 cm³/mol.